The minimum absolute atomic E-state index is 0.151. The van der Waals surface area contributed by atoms with Crippen LogP contribution in [-0.2, 0) is 14.3 Å². The van der Waals surface area contributed by atoms with Gasteiger partial charge in [-0.05, 0) is 25.7 Å². The number of ether oxygens (including phenoxy) is 1. The fraction of sp³-hybridized carbons (Fsp3) is 0.846. The first-order valence-electron chi connectivity index (χ1n) is 6.20. The van der Waals surface area contributed by atoms with E-state index >= 15 is 0 Å². The van der Waals surface area contributed by atoms with Crippen molar-refractivity contribution in [1.82, 2.24) is 0 Å². The third kappa shape index (κ3) is 3.45. The number of aliphatic carboxylic acids is 1. The Hall–Kier alpha value is -1.06. The smallest absolute Gasteiger partial charge is 0.317 e. The Labute approximate surface area is 102 Å². The molecule has 17 heavy (non-hydrogen) atoms. The second kappa shape index (κ2) is 5.07. The van der Waals surface area contributed by atoms with Gasteiger partial charge in [-0.25, -0.2) is 0 Å². The molecule has 1 saturated carbocycles. The topological polar surface area (TPSA) is 63.6 Å². The molecule has 0 spiro atoms. The standard InChI is InChI=1S/C13H22O4/c1-12(2,3)13(7-5-4-6-8-13)17-11(16)9-10(14)15/h4-9H2,1-3H3,(H,14,15). The van der Waals surface area contributed by atoms with Gasteiger partial charge in [0.1, 0.15) is 12.0 Å². The molecule has 0 saturated heterocycles. The summed E-state index contributed by atoms with van der Waals surface area (Å²) in [5.74, 6) is -1.75. The lowest BCUT2D eigenvalue weighted by atomic mass is 9.68. The molecule has 1 aliphatic carbocycles. The second-order valence-corrected chi connectivity index (χ2v) is 5.85. The summed E-state index contributed by atoms with van der Waals surface area (Å²) < 4.78 is 5.53. The third-order valence-electron chi connectivity index (χ3n) is 3.63. The lowest BCUT2D eigenvalue weighted by Gasteiger charge is -2.46. The molecule has 0 aliphatic heterocycles. The second-order valence-electron chi connectivity index (χ2n) is 5.85. The molecule has 4 heteroatoms. The monoisotopic (exact) mass is 242 g/mol. The Bertz CT molecular complexity index is 295. The van der Waals surface area contributed by atoms with Crippen molar-refractivity contribution in [3.05, 3.63) is 0 Å². The van der Waals surface area contributed by atoms with Crippen molar-refractivity contribution in [1.29, 1.82) is 0 Å². The molecule has 1 aliphatic rings. The zero-order chi connectivity index (χ0) is 13.1. The van der Waals surface area contributed by atoms with Crippen LogP contribution in [0.15, 0.2) is 0 Å². The normalized spacial score (nSPS) is 19.7. The van der Waals surface area contributed by atoms with E-state index in [1.807, 2.05) is 20.8 Å². The molecule has 1 rings (SSSR count). The molecule has 0 atom stereocenters. The van der Waals surface area contributed by atoms with Gasteiger partial charge in [0.2, 0.25) is 0 Å². The van der Waals surface area contributed by atoms with Crippen molar-refractivity contribution in [3.8, 4) is 0 Å². The minimum Gasteiger partial charge on any atom is -0.481 e. The van der Waals surface area contributed by atoms with Crippen LogP contribution in [-0.4, -0.2) is 22.6 Å². The molecule has 0 aromatic carbocycles. The summed E-state index contributed by atoms with van der Waals surface area (Å²) >= 11 is 0. The van der Waals surface area contributed by atoms with Crippen molar-refractivity contribution < 1.29 is 19.4 Å². The Kier molecular flexibility index (Phi) is 4.17. The molecule has 0 radical (unpaired) electrons. The Morgan fingerprint density at radius 2 is 1.71 bits per heavy atom. The largest absolute Gasteiger partial charge is 0.481 e. The van der Waals surface area contributed by atoms with Crippen LogP contribution in [0.2, 0.25) is 0 Å². The van der Waals surface area contributed by atoms with Crippen molar-refractivity contribution in [2.24, 2.45) is 5.41 Å². The highest BCUT2D eigenvalue weighted by molar-refractivity contribution is 5.90. The van der Waals surface area contributed by atoms with E-state index in [0.717, 1.165) is 32.1 Å². The van der Waals surface area contributed by atoms with Gasteiger partial charge < -0.3 is 9.84 Å². The van der Waals surface area contributed by atoms with E-state index in [2.05, 4.69) is 0 Å². The van der Waals surface area contributed by atoms with Crippen LogP contribution in [0.4, 0.5) is 0 Å². The lowest BCUT2D eigenvalue weighted by Crippen LogP contribution is -2.48. The van der Waals surface area contributed by atoms with Crippen molar-refractivity contribution in [2.75, 3.05) is 0 Å². The maximum Gasteiger partial charge on any atom is 0.317 e. The summed E-state index contributed by atoms with van der Waals surface area (Å²) in [6, 6.07) is 0. The summed E-state index contributed by atoms with van der Waals surface area (Å²) in [6.45, 7) is 6.14. The van der Waals surface area contributed by atoms with E-state index in [0.29, 0.717) is 0 Å². The van der Waals surface area contributed by atoms with Crippen LogP contribution in [0.3, 0.4) is 0 Å². The molecule has 0 aromatic rings. The number of hydrogen-bond acceptors (Lipinski definition) is 3. The van der Waals surface area contributed by atoms with Gasteiger partial charge in [0.25, 0.3) is 0 Å². The maximum absolute atomic E-state index is 11.6. The lowest BCUT2D eigenvalue weighted by molar-refractivity contribution is -0.181. The number of carbonyl (C=O) groups excluding carboxylic acids is 1. The van der Waals surface area contributed by atoms with Gasteiger partial charge in [-0.1, -0.05) is 27.2 Å². The van der Waals surface area contributed by atoms with Crippen LogP contribution >= 0.6 is 0 Å². The Balaban J connectivity index is 2.77. The summed E-state index contributed by atoms with van der Waals surface area (Å²) in [5, 5.41) is 8.60. The number of carboxylic acids is 1. The van der Waals surface area contributed by atoms with Gasteiger partial charge in [-0.3, -0.25) is 9.59 Å². The molecule has 0 amide bonds. The van der Waals surface area contributed by atoms with Gasteiger partial charge in [0, 0.05) is 5.41 Å². The molecular weight excluding hydrogens is 220 g/mol. The summed E-state index contributed by atoms with van der Waals surface area (Å²) in [4.78, 5) is 22.1. The maximum atomic E-state index is 11.6. The Morgan fingerprint density at radius 3 is 2.12 bits per heavy atom. The third-order valence-corrected chi connectivity index (χ3v) is 3.63. The van der Waals surface area contributed by atoms with Gasteiger partial charge in [0.05, 0.1) is 0 Å². The van der Waals surface area contributed by atoms with Gasteiger partial charge >= 0.3 is 11.9 Å². The van der Waals surface area contributed by atoms with Gasteiger partial charge in [-0.2, -0.15) is 0 Å². The Morgan fingerprint density at radius 1 is 1.18 bits per heavy atom. The first-order valence-corrected chi connectivity index (χ1v) is 6.20. The number of hydrogen-bond donors (Lipinski definition) is 1. The average molecular weight is 242 g/mol. The quantitative estimate of drug-likeness (QED) is 0.610. The molecule has 0 aromatic heterocycles. The van der Waals surface area contributed by atoms with Crippen LogP contribution in [0, 0.1) is 5.41 Å². The van der Waals surface area contributed by atoms with Gasteiger partial charge in [0.15, 0.2) is 0 Å². The van der Waals surface area contributed by atoms with Crippen LogP contribution in [0.5, 0.6) is 0 Å². The number of carbonyl (C=O) groups is 2. The van der Waals surface area contributed by atoms with Crippen LogP contribution < -0.4 is 0 Å². The highest BCUT2D eigenvalue weighted by Gasteiger charge is 2.46. The number of esters is 1. The molecule has 0 unspecified atom stereocenters. The molecule has 0 heterocycles. The molecule has 1 N–H and O–H groups in total. The SMILES string of the molecule is CC(C)(C)C1(OC(=O)CC(=O)O)CCCCC1. The van der Waals surface area contributed by atoms with E-state index in [1.165, 1.54) is 0 Å². The molecule has 98 valence electrons. The van der Waals surface area contributed by atoms with Crippen LogP contribution in [0.25, 0.3) is 0 Å². The zero-order valence-electron chi connectivity index (χ0n) is 10.9. The first-order chi connectivity index (χ1) is 7.77. The summed E-state index contributed by atoms with van der Waals surface area (Å²) in [6.07, 6.45) is 4.37. The van der Waals surface area contributed by atoms with E-state index in [9.17, 15) is 9.59 Å². The zero-order valence-corrected chi connectivity index (χ0v) is 10.9. The van der Waals surface area contributed by atoms with E-state index in [4.69, 9.17) is 9.84 Å². The number of rotatable bonds is 3. The van der Waals surface area contributed by atoms with Crippen molar-refractivity contribution in [2.45, 2.75) is 64.9 Å². The highest BCUT2D eigenvalue weighted by Crippen LogP contribution is 2.45. The van der Waals surface area contributed by atoms with Crippen LogP contribution in [0.1, 0.15) is 59.3 Å². The fourth-order valence-electron chi connectivity index (χ4n) is 2.51. The summed E-state index contributed by atoms with van der Waals surface area (Å²) in [5.41, 5.74) is -0.640. The summed E-state index contributed by atoms with van der Waals surface area (Å²) in [7, 11) is 0. The highest BCUT2D eigenvalue weighted by atomic mass is 16.6. The minimum atomic E-state index is -1.13. The predicted molar refractivity (Wildman–Crippen MR) is 63.6 cm³/mol. The van der Waals surface area contributed by atoms with Gasteiger partial charge in [-0.15, -0.1) is 0 Å². The fourth-order valence-corrected chi connectivity index (χ4v) is 2.51. The van der Waals surface area contributed by atoms with E-state index in [1.54, 1.807) is 0 Å². The number of carboxylic acid groups (broad SMARTS) is 1. The predicted octanol–water partition coefficient (Wildman–Crippen LogP) is 2.75. The van der Waals surface area contributed by atoms with Crippen molar-refractivity contribution >= 4 is 11.9 Å². The average Bonchev–Trinajstić information content (AvgIpc) is 2.15. The van der Waals surface area contributed by atoms with E-state index < -0.39 is 24.0 Å². The van der Waals surface area contributed by atoms with E-state index in [-0.39, 0.29) is 5.41 Å². The van der Waals surface area contributed by atoms with Crippen molar-refractivity contribution in [3.63, 3.8) is 0 Å². The molecule has 0 bridgehead atoms. The molecule has 4 nitrogen and oxygen atoms in total. The molecular formula is C13H22O4. The first kappa shape index (κ1) is 14.0. The molecule has 1 fully saturated rings.